The van der Waals surface area contributed by atoms with E-state index in [0.717, 1.165) is 5.69 Å². The Labute approximate surface area is 110 Å². The number of pyridine rings is 1. The number of rotatable bonds is 7. The standard InChI is InChI=1S/C12H20N2O3S/c1-9(18(4)15)7-13-8-10-12(17-3)11(16-2)5-6-14-10/h5-6,9,13H,7-8H2,1-4H3. The molecule has 0 aliphatic rings. The average Bonchev–Trinajstić information content (AvgIpc) is 2.37. The summed E-state index contributed by atoms with van der Waals surface area (Å²) in [5.41, 5.74) is 0.783. The van der Waals surface area contributed by atoms with Crippen molar-refractivity contribution in [2.24, 2.45) is 0 Å². The Morgan fingerprint density at radius 2 is 2.17 bits per heavy atom. The maximum absolute atomic E-state index is 11.2. The minimum atomic E-state index is -0.820. The fourth-order valence-electron chi connectivity index (χ4n) is 1.49. The maximum atomic E-state index is 11.2. The molecule has 1 heterocycles. The van der Waals surface area contributed by atoms with Gasteiger partial charge in [0.2, 0.25) is 0 Å². The molecule has 0 fully saturated rings. The maximum Gasteiger partial charge on any atom is 0.183 e. The molecule has 0 saturated heterocycles. The van der Waals surface area contributed by atoms with E-state index in [1.807, 2.05) is 6.92 Å². The highest BCUT2D eigenvalue weighted by molar-refractivity contribution is 7.84. The lowest BCUT2D eigenvalue weighted by molar-refractivity contribution is 0.348. The van der Waals surface area contributed by atoms with E-state index < -0.39 is 10.8 Å². The first kappa shape index (κ1) is 14.9. The van der Waals surface area contributed by atoms with E-state index in [1.54, 1.807) is 32.7 Å². The molecule has 2 unspecified atom stereocenters. The molecule has 0 aliphatic heterocycles. The van der Waals surface area contributed by atoms with E-state index in [2.05, 4.69) is 10.3 Å². The number of hydrogen-bond donors (Lipinski definition) is 1. The van der Waals surface area contributed by atoms with Crippen LogP contribution in [0.2, 0.25) is 0 Å². The van der Waals surface area contributed by atoms with Crippen molar-refractivity contribution in [3.63, 3.8) is 0 Å². The van der Waals surface area contributed by atoms with Crippen LogP contribution in [-0.4, -0.2) is 41.5 Å². The normalized spacial score (nSPS) is 14.0. The monoisotopic (exact) mass is 272 g/mol. The third-order valence-electron chi connectivity index (χ3n) is 2.66. The van der Waals surface area contributed by atoms with Crippen LogP contribution in [0.15, 0.2) is 12.3 Å². The van der Waals surface area contributed by atoms with Gasteiger partial charge in [0.15, 0.2) is 11.5 Å². The Balaban J connectivity index is 2.64. The Morgan fingerprint density at radius 3 is 2.72 bits per heavy atom. The van der Waals surface area contributed by atoms with Crippen LogP contribution in [0, 0.1) is 0 Å². The van der Waals surface area contributed by atoms with Crippen LogP contribution >= 0.6 is 0 Å². The number of aromatic nitrogens is 1. The van der Waals surface area contributed by atoms with E-state index in [0.29, 0.717) is 24.6 Å². The lowest BCUT2D eigenvalue weighted by Crippen LogP contribution is -2.27. The van der Waals surface area contributed by atoms with Crippen molar-refractivity contribution < 1.29 is 13.7 Å². The molecular formula is C12H20N2O3S. The molecule has 0 bridgehead atoms. The van der Waals surface area contributed by atoms with Crippen molar-refractivity contribution in [2.75, 3.05) is 27.0 Å². The van der Waals surface area contributed by atoms with Crippen LogP contribution < -0.4 is 14.8 Å². The van der Waals surface area contributed by atoms with Crippen LogP contribution in [0.1, 0.15) is 12.6 Å². The molecule has 1 N–H and O–H groups in total. The zero-order valence-corrected chi connectivity index (χ0v) is 12.0. The highest BCUT2D eigenvalue weighted by Crippen LogP contribution is 2.28. The zero-order chi connectivity index (χ0) is 13.5. The van der Waals surface area contributed by atoms with Crippen molar-refractivity contribution in [2.45, 2.75) is 18.7 Å². The molecular weight excluding hydrogens is 252 g/mol. The first-order chi connectivity index (χ1) is 8.60. The fourth-order valence-corrected chi connectivity index (χ4v) is 1.84. The lowest BCUT2D eigenvalue weighted by atomic mass is 10.3. The Hall–Kier alpha value is -1.14. The van der Waals surface area contributed by atoms with Gasteiger partial charge in [-0.25, -0.2) is 0 Å². The fraction of sp³-hybridized carbons (Fsp3) is 0.583. The second kappa shape index (κ2) is 7.33. The molecule has 18 heavy (non-hydrogen) atoms. The Bertz CT molecular complexity index is 412. The summed E-state index contributed by atoms with van der Waals surface area (Å²) >= 11 is 0. The molecule has 0 amide bonds. The van der Waals surface area contributed by atoms with Crippen molar-refractivity contribution in [1.82, 2.24) is 10.3 Å². The van der Waals surface area contributed by atoms with Gasteiger partial charge >= 0.3 is 0 Å². The van der Waals surface area contributed by atoms with Crippen LogP contribution in [0.25, 0.3) is 0 Å². The first-order valence-corrected chi connectivity index (χ1v) is 7.31. The molecule has 0 aromatic carbocycles. The smallest absolute Gasteiger partial charge is 0.183 e. The topological polar surface area (TPSA) is 60.5 Å². The summed E-state index contributed by atoms with van der Waals surface area (Å²) in [6, 6.07) is 1.76. The summed E-state index contributed by atoms with van der Waals surface area (Å²) in [6.45, 7) is 3.17. The van der Waals surface area contributed by atoms with Crippen molar-refractivity contribution in [3.05, 3.63) is 18.0 Å². The van der Waals surface area contributed by atoms with Gasteiger partial charge < -0.3 is 14.8 Å². The molecule has 0 spiro atoms. The van der Waals surface area contributed by atoms with Crippen molar-refractivity contribution >= 4 is 10.8 Å². The van der Waals surface area contributed by atoms with Gasteiger partial charge in [-0.3, -0.25) is 9.19 Å². The van der Waals surface area contributed by atoms with Crippen LogP contribution in [-0.2, 0) is 17.3 Å². The largest absolute Gasteiger partial charge is 0.493 e. The second-order valence-electron chi connectivity index (χ2n) is 3.93. The number of nitrogens with one attached hydrogen (secondary N) is 1. The summed E-state index contributed by atoms with van der Waals surface area (Å²) in [5, 5.41) is 3.33. The molecule has 1 rings (SSSR count). The van der Waals surface area contributed by atoms with Gasteiger partial charge in [0.05, 0.1) is 19.9 Å². The predicted octanol–water partition coefficient (Wildman–Crippen LogP) is 0.955. The predicted molar refractivity (Wildman–Crippen MR) is 72.6 cm³/mol. The SMILES string of the molecule is COc1ccnc(CNCC(C)S(C)=O)c1OC. The van der Waals surface area contributed by atoms with Gasteiger partial charge in [0.25, 0.3) is 0 Å². The van der Waals surface area contributed by atoms with Gasteiger partial charge in [0.1, 0.15) is 0 Å². The van der Waals surface area contributed by atoms with Gasteiger partial charge in [-0.05, 0) is 6.92 Å². The van der Waals surface area contributed by atoms with Gasteiger partial charge in [-0.2, -0.15) is 0 Å². The molecule has 1 aromatic heterocycles. The van der Waals surface area contributed by atoms with E-state index in [1.165, 1.54) is 0 Å². The highest BCUT2D eigenvalue weighted by atomic mass is 32.2. The summed E-state index contributed by atoms with van der Waals surface area (Å²) in [5.74, 6) is 1.30. The summed E-state index contributed by atoms with van der Waals surface area (Å²) in [6.07, 6.45) is 3.39. The zero-order valence-electron chi connectivity index (χ0n) is 11.2. The van der Waals surface area contributed by atoms with E-state index in [-0.39, 0.29) is 5.25 Å². The molecule has 6 heteroatoms. The van der Waals surface area contributed by atoms with Crippen LogP contribution in [0.5, 0.6) is 11.5 Å². The highest BCUT2D eigenvalue weighted by Gasteiger charge is 2.11. The van der Waals surface area contributed by atoms with Crippen LogP contribution in [0.3, 0.4) is 0 Å². The summed E-state index contributed by atoms with van der Waals surface area (Å²) < 4.78 is 21.7. The minimum Gasteiger partial charge on any atom is -0.493 e. The lowest BCUT2D eigenvalue weighted by Gasteiger charge is -2.13. The van der Waals surface area contributed by atoms with E-state index in [4.69, 9.17) is 9.47 Å². The third-order valence-corrected chi connectivity index (χ3v) is 3.96. The number of nitrogens with zero attached hydrogens (tertiary/aromatic N) is 1. The second-order valence-corrected chi connectivity index (χ2v) is 5.74. The number of methoxy groups -OCH3 is 2. The number of ether oxygens (including phenoxy) is 2. The van der Waals surface area contributed by atoms with Crippen molar-refractivity contribution in [3.8, 4) is 11.5 Å². The molecule has 102 valence electrons. The van der Waals surface area contributed by atoms with Crippen LogP contribution in [0.4, 0.5) is 0 Å². The van der Waals surface area contributed by atoms with Gasteiger partial charge in [-0.1, -0.05) is 0 Å². The third kappa shape index (κ3) is 3.96. The first-order valence-electron chi connectivity index (χ1n) is 5.69. The molecule has 1 aromatic rings. The molecule has 0 aliphatic carbocycles. The van der Waals surface area contributed by atoms with Gasteiger partial charge in [-0.15, -0.1) is 0 Å². The minimum absolute atomic E-state index is 0.113. The quantitative estimate of drug-likeness (QED) is 0.801. The van der Waals surface area contributed by atoms with Crippen molar-refractivity contribution in [1.29, 1.82) is 0 Å². The Morgan fingerprint density at radius 1 is 1.44 bits per heavy atom. The van der Waals surface area contributed by atoms with Gasteiger partial charge in [0, 0.05) is 47.7 Å². The Kier molecular flexibility index (Phi) is 6.07. The average molecular weight is 272 g/mol. The number of hydrogen-bond acceptors (Lipinski definition) is 5. The summed E-state index contributed by atoms with van der Waals surface area (Å²) in [4.78, 5) is 4.26. The molecule has 0 saturated carbocycles. The molecule has 5 nitrogen and oxygen atoms in total. The summed E-state index contributed by atoms with van der Waals surface area (Å²) in [7, 11) is 2.36. The van der Waals surface area contributed by atoms with E-state index >= 15 is 0 Å². The van der Waals surface area contributed by atoms with E-state index in [9.17, 15) is 4.21 Å². The molecule has 2 atom stereocenters. The molecule has 0 radical (unpaired) electrons.